The number of quaternary nitrogens is 1. The molecule has 0 saturated carbocycles. The zero-order chi connectivity index (χ0) is 11.3. The molecule has 7 nitrogen and oxygen atoms in total. The summed E-state index contributed by atoms with van der Waals surface area (Å²) in [6.07, 6.45) is -0.684. The lowest BCUT2D eigenvalue weighted by Gasteiger charge is -2.06. The summed E-state index contributed by atoms with van der Waals surface area (Å²) in [7, 11) is -2.57. The summed E-state index contributed by atoms with van der Waals surface area (Å²) in [6.45, 7) is 0. The van der Waals surface area contributed by atoms with Crippen molar-refractivity contribution >= 4 is 20.0 Å². The Hall–Kier alpha value is -1.04. The van der Waals surface area contributed by atoms with Crippen LogP contribution in [0.2, 0.25) is 0 Å². The number of carboxylic acid groups (broad SMARTS) is 2. The maximum absolute atomic E-state index is 10.5. The Morgan fingerprint density at radius 2 is 1.79 bits per heavy atom. The first-order valence-corrected chi connectivity index (χ1v) is 5.16. The molecule has 0 aliphatic rings. The van der Waals surface area contributed by atoms with E-state index in [1.807, 2.05) is 0 Å². The fourth-order valence-corrected chi connectivity index (χ4v) is 1.57. The second-order valence-electron chi connectivity index (χ2n) is 2.84. The van der Waals surface area contributed by atoms with Crippen molar-refractivity contribution < 1.29 is 35.0 Å². The zero-order valence-electron chi connectivity index (χ0n) is 7.29. The number of rotatable bonds is 6. The van der Waals surface area contributed by atoms with Crippen molar-refractivity contribution in [1.82, 2.24) is 0 Å². The summed E-state index contributed by atoms with van der Waals surface area (Å²) in [5.74, 6) is -3.64. The van der Waals surface area contributed by atoms with Gasteiger partial charge in [0.1, 0.15) is 5.92 Å². The maximum Gasteiger partial charge on any atom is 0.506 e. The smallest absolute Gasteiger partial charge is 0.481 e. The van der Waals surface area contributed by atoms with Gasteiger partial charge in [-0.2, -0.15) is 4.89 Å². The molecular formula is C6H12NO6P+2. The minimum Gasteiger partial charge on any atom is -0.481 e. The summed E-state index contributed by atoms with van der Waals surface area (Å²) in [6, 6.07) is -1.08. The highest BCUT2D eigenvalue weighted by Crippen LogP contribution is 2.21. The average Bonchev–Trinajstić information content (AvgIpc) is 2.01. The molecule has 0 saturated heterocycles. The van der Waals surface area contributed by atoms with E-state index in [0.29, 0.717) is 0 Å². The molecule has 0 radical (unpaired) electrons. The van der Waals surface area contributed by atoms with Crippen LogP contribution in [0.15, 0.2) is 0 Å². The van der Waals surface area contributed by atoms with Gasteiger partial charge in [-0.1, -0.05) is 0 Å². The van der Waals surface area contributed by atoms with Crippen LogP contribution in [0.5, 0.6) is 0 Å². The summed E-state index contributed by atoms with van der Waals surface area (Å²) >= 11 is 0. The van der Waals surface area contributed by atoms with Gasteiger partial charge in [-0.05, 0) is 4.57 Å². The van der Waals surface area contributed by atoms with Crippen LogP contribution in [0.4, 0.5) is 0 Å². The summed E-state index contributed by atoms with van der Waals surface area (Å²) in [5.41, 5.74) is 3.23. The molecule has 0 fully saturated rings. The van der Waals surface area contributed by atoms with E-state index in [9.17, 15) is 14.2 Å². The maximum atomic E-state index is 10.5. The van der Waals surface area contributed by atoms with E-state index in [1.165, 1.54) is 0 Å². The number of carbonyl (C=O) groups is 2. The lowest BCUT2D eigenvalue weighted by molar-refractivity contribution is -0.410. The third-order valence-corrected chi connectivity index (χ3v) is 2.40. The van der Waals surface area contributed by atoms with E-state index in [-0.39, 0.29) is 6.42 Å². The standard InChI is InChI=1S/C6H10NO6P/c7-4(6(10)11)1-3(5(8)9)2-14(12)13/h3-4H,1-2,7H2,(H2-,8,9,10,11,12,13)/p+2/t3?,4-/m0/s1. The Labute approximate surface area is 80.4 Å². The fourth-order valence-electron chi connectivity index (χ4n) is 0.886. The van der Waals surface area contributed by atoms with E-state index in [4.69, 9.17) is 15.1 Å². The molecule has 0 aromatic carbocycles. The Balaban J connectivity index is 4.30. The van der Waals surface area contributed by atoms with Crippen molar-refractivity contribution in [3.05, 3.63) is 0 Å². The highest BCUT2D eigenvalue weighted by molar-refractivity contribution is 7.38. The molecular weight excluding hydrogens is 213 g/mol. The van der Waals surface area contributed by atoms with Gasteiger partial charge in [0.25, 0.3) is 0 Å². The van der Waals surface area contributed by atoms with Crippen molar-refractivity contribution in [2.24, 2.45) is 5.92 Å². The molecule has 0 aliphatic carbocycles. The molecule has 0 heterocycles. The van der Waals surface area contributed by atoms with Gasteiger partial charge in [-0.25, -0.2) is 4.79 Å². The molecule has 14 heavy (non-hydrogen) atoms. The molecule has 80 valence electrons. The quantitative estimate of drug-likeness (QED) is 0.406. The highest BCUT2D eigenvalue weighted by atomic mass is 31.1. The van der Waals surface area contributed by atoms with Crippen LogP contribution in [-0.2, 0) is 14.2 Å². The van der Waals surface area contributed by atoms with Gasteiger partial charge < -0.3 is 15.9 Å². The first kappa shape index (κ1) is 13.0. The average molecular weight is 225 g/mol. The minimum atomic E-state index is -2.57. The third-order valence-electron chi connectivity index (χ3n) is 1.64. The Kier molecular flexibility index (Phi) is 5.22. The summed E-state index contributed by atoms with van der Waals surface area (Å²) in [5, 5.41) is 17.0. The lowest BCUT2D eigenvalue weighted by atomic mass is 10.0. The van der Waals surface area contributed by atoms with E-state index in [2.05, 4.69) is 5.73 Å². The number of hydrogen-bond acceptors (Lipinski definition) is 3. The minimum absolute atomic E-state index is 0.244. The predicted octanol–water partition coefficient (Wildman–Crippen LogP) is -1.49. The Bertz CT molecular complexity index is 255. The van der Waals surface area contributed by atoms with Gasteiger partial charge in [0, 0.05) is 6.42 Å². The van der Waals surface area contributed by atoms with Crippen molar-refractivity contribution in [2.45, 2.75) is 12.5 Å². The molecule has 3 atom stereocenters. The normalized spacial score (nSPS) is 15.7. The van der Waals surface area contributed by atoms with E-state index >= 15 is 0 Å². The topological polar surface area (TPSA) is 140 Å². The van der Waals surface area contributed by atoms with Crippen molar-refractivity contribution in [1.29, 1.82) is 0 Å². The molecule has 6 N–H and O–H groups in total. The molecule has 0 rings (SSSR count). The van der Waals surface area contributed by atoms with Gasteiger partial charge >= 0.3 is 20.0 Å². The van der Waals surface area contributed by atoms with E-state index in [0.717, 1.165) is 0 Å². The van der Waals surface area contributed by atoms with E-state index < -0.39 is 38.1 Å². The molecule has 0 amide bonds. The molecule has 0 aliphatic heterocycles. The molecule has 0 spiro atoms. The van der Waals surface area contributed by atoms with Crippen molar-refractivity contribution in [3.63, 3.8) is 0 Å². The molecule has 0 bridgehead atoms. The summed E-state index contributed by atoms with van der Waals surface area (Å²) in [4.78, 5) is 29.4. The fraction of sp³-hybridized carbons (Fsp3) is 0.667. The van der Waals surface area contributed by atoms with Crippen molar-refractivity contribution in [2.75, 3.05) is 6.16 Å². The van der Waals surface area contributed by atoms with Gasteiger partial charge in [0.15, 0.2) is 12.2 Å². The first-order chi connectivity index (χ1) is 6.34. The monoisotopic (exact) mass is 225 g/mol. The van der Waals surface area contributed by atoms with Gasteiger partial charge in [-0.15, -0.1) is 0 Å². The van der Waals surface area contributed by atoms with Gasteiger partial charge in [0.2, 0.25) is 0 Å². The molecule has 2 unspecified atom stereocenters. The van der Waals surface area contributed by atoms with Crippen LogP contribution in [0, 0.1) is 5.92 Å². The Morgan fingerprint density at radius 1 is 1.29 bits per heavy atom. The molecule has 0 aromatic rings. The first-order valence-electron chi connectivity index (χ1n) is 3.76. The molecule has 8 heteroatoms. The molecule has 0 aromatic heterocycles. The van der Waals surface area contributed by atoms with Crippen LogP contribution in [0.3, 0.4) is 0 Å². The number of aliphatic carboxylic acids is 2. The van der Waals surface area contributed by atoms with Crippen LogP contribution >= 0.6 is 8.03 Å². The van der Waals surface area contributed by atoms with Crippen LogP contribution in [-0.4, -0.2) is 39.2 Å². The van der Waals surface area contributed by atoms with Gasteiger partial charge in [0.05, 0.1) is 0 Å². The van der Waals surface area contributed by atoms with Crippen LogP contribution in [0.25, 0.3) is 0 Å². The lowest BCUT2D eigenvalue weighted by Crippen LogP contribution is -2.65. The second-order valence-corrected chi connectivity index (χ2v) is 3.91. The van der Waals surface area contributed by atoms with Crippen LogP contribution in [0.1, 0.15) is 6.42 Å². The van der Waals surface area contributed by atoms with Crippen LogP contribution < -0.4 is 5.73 Å². The predicted molar refractivity (Wildman–Crippen MR) is 44.7 cm³/mol. The SMILES string of the molecule is [NH3+][C@@H](CC(C[P+](=O)O)C(=O)O)C(=O)O. The second kappa shape index (κ2) is 5.64. The summed E-state index contributed by atoms with van der Waals surface area (Å²) < 4.78 is 10.4. The third kappa shape index (κ3) is 4.86. The zero-order valence-corrected chi connectivity index (χ0v) is 8.18. The van der Waals surface area contributed by atoms with E-state index in [1.54, 1.807) is 0 Å². The Morgan fingerprint density at radius 3 is 2.07 bits per heavy atom. The number of carboxylic acids is 2. The largest absolute Gasteiger partial charge is 0.506 e. The van der Waals surface area contributed by atoms with Crippen molar-refractivity contribution in [3.8, 4) is 0 Å². The highest BCUT2D eigenvalue weighted by Gasteiger charge is 2.33. The number of hydrogen-bond donors (Lipinski definition) is 4. The van der Waals surface area contributed by atoms with Gasteiger partial charge in [-0.3, -0.25) is 4.79 Å².